The molecule has 0 saturated carbocycles. The summed E-state index contributed by atoms with van der Waals surface area (Å²) in [5, 5.41) is 37.8. The summed E-state index contributed by atoms with van der Waals surface area (Å²) in [6.45, 7) is 12.5. The van der Waals surface area contributed by atoms with E-state index in [-0.39, 0.29) is 42.8 Å². The van der Waals surface area contributed by atoms with Crippen LogP contribution in [0.1, 0.15) is 79.9 Å². The molecule has 12 heterocycles. The van der Waals surface area contributed by atoms with E-state index in [1.807, 2.05) is 35.2 Å². The van der Waals surface area contributed by atoms with Crippen molar-refractivity contribution < 1.29 is 54.9 Å². The van der Waals surface area contributed by atoms with Gasteiger partial charge in [-0.25, -0.2) is 19.4 Å². The Hall–Kier alpha value is -6.48. The van der Waals surface area contributed by atoms with Gasteiger partial charge in [-0.2, -0.15) is 18.5 Å². The summed E-state index contributed by atoms with van der Waals surface area (Å²) in [4.78, 5) is 61.1. The average Bonchev–Trinajstić information content (AvgIpc) is 4.39. The summed E-state index contributed by atoms with van der Waals surface area (Å²) in [5.41, 5.74) is 1.04. The summed E-state index contributed by atoms with van der Waals surface area (Å²) in [6.07, 6.45) is 4.16. The molecule has 3 aromatic heterocycles. The summed E-state index contributed by atoms with van der Waals surface area (Å²) >= 11 is 0. The van der Waals surface area contributed by atoms with E-state index in [9.17, 15) is 28.0 Å². The van der Waals surface area contributed by atoms with Gasteiger partial charge in [0.2, 0.25) is 17.7 Å². The third-order valence-electron chi connectivity index (χ3n) is 15.8. The number of hydroxylamine groups is 6. The summed E-state index contributed by atoms with van der Waals surface area (Å²) in [6, 6.07) is 8.93. The van der Waals surface area contributed by atoms with Crippen molar-refractivity contribution in [1.82, 2.24) is 75.2 Å². The van der Waals surface area contributed by atoms with Crippen LogP contribution in [0, 0.1) is 0 Å². The highest BCUT2D eigenvalue weighted by molar-refractivity contribution is 7.80. The minimum Gasteiger partial charge on any atom is -0.406 e. The molecule has 30 nitrogen and oxygen atoms in total. The minimum absolute atomic E-state index is 0.0717. The van der Waals surface area contributed by atoms with Crippen LogP contribution < -0.4 is 14.7 Å². The van der Waals surface area contributed by atoms with Crippen molar-refractivity contribution in [2.45, 2.75) is 81.4 Å². The maximum atomic E-state index is 13.0. The second kappa shape index (κ2) is 22.1. The highest BCUT2D eigenvalue weighted by Crippen LogP contribution is 2.41. The van der Waals surface area contributed by atoms with E-state index in [1.54, 1.807) is 9.80 Å². The van der Waals surface area contributed by atoms with Crippen LogP contribution in [0.2, 0.25) is 0 Å². The molecule has 31 heteroatoms. The minimum atomic E-state index is -4.76. The van der Waals surface area contributed by atoms with Crippen LogP contribution in [0.25, 0.3) is 0 Å². The number of carbonyl (C=O) groups excluding carboxylic acids is 3. The Balaban J connectivity index is 0.000000124. The number of nitrogens with zero attached hydrogens (tertiary/aromatic N) is 18. The number of anilines is 3. The third kappa shape index (κ3) is 11.3. The van der Waals surface area contributed by atoms with Gasteiger partial charge in [-0.1, -0.05) is 45.6 Å². The lowest BCUT2D eigenvalue weighted by Crippen LogP contribution is -2.44. The molecule has 0 unspecified atom stereocenters. The van der Waals surface area contributed by atoms with E-state index in [2.05, 4.69) is 80.5 Å². The highest BCUT2D eigenvalue weighted by Gasteiger charge is 2.51. The highest BCUT2D eigenvalue weighted by atomic mass is 32.3. The first-order valence-corrected chi connectivity index (χ1v) is 27.6. The molecule has 13 rings (SSSR count). The molecule has 4 aromatic rings. The van der Waals surface area contributed by atoms with Gasteiger partial charge in [0.05, 0.1) is 18.1 Å². The molecular formula is C46H66N18O12S. The first kappa shape index (κ1) is 52.6. The maximum absolute atomic E-state index is 13.0. The Labute approximate surface area is 444 Å². The van der Waals surface area contributed by atoms with Crippen LogP contribution in [0.3, 0.4) is 0 Å². The number of urea groups is 3. The number of carbonyl (C=O) groups is 3. The second-order valence-electron chi connectivity index (χ2n) is 20.9. The number of hydrogen-bond acceptors (Lipinski definition) is 23. The maximum Gasteiger partial charge on any atom is 0.418 e. The zero-order valence-corrected chi connectivity index (χ0v) is 44.2. The first-order chi connectivity index (χ1) is 37.1. The molecule has 418 valence electrons. The van der Waals surface area contributed by atoms with Gasteiger partial charge in [0.1, 0.15) is 24.7 Å². The molecule has 6 amide bonds. The molecule has 77 heavy (non-hydrogen) atoms. The Morgan fingerprint density at radius 1 is 0.519 bits per heavy atom. The molecule has 6 bridgehead atoms. The van der Waals surface area contributed by atoms with E-state index in [1.165, 1.54) is 9.96 Å². The predicted molar refractivity (Wildman–Crippen MR) is 267 cm³/mol. The molecule has 2 N–H and O–H groups in total. The molecule has 1 aromatic carbocycles. The number of amides is 6. The largest absolute Gasteiger partial charge is 0.418 e. The fourth-order valence-electron chi connectivity index (χ4n) is 11.2. The fraction of sp³-hybridized carbons (Fsp3) is 0.674. The lowest BCUT2D eigenvalue weighted by molar-refractivity contribution is -0.140. The molecule has 9 fully saturated rings. The molecule has 0 radical (unpaired) electrons. The van der Waals surface area contributed by atoms with Crippen molar-refractivity contribution >= 4 is 46.5 Å². The third-order valence-corrected chi connectivity index (χ3v) is 16.2. The number of rotatable bonds is 11. The number of likely N-dealkylation sites (N-methyl/N-ethyl adjacent to an activating group) is 3. The van der Waals surface area contributed by atoms with Crippen LogP contribution in [-0.4, -0.2) is 249 Å². The van der Waals surface area contributed by atoms with E-state index >= 15 is 0 Å². The Kier molecular flexibility index (Phi) is 15.1. The van der Waals surface area contributed by atoms with Gasteiger partial charge in [0, 0.05) is 98.2 Å². The van der Waals surface area contributed by atoms with Crippen molar-refractivity contribution in [3.63, 3.8) is 0 Å². The zero-order chi connectivity index (χ0) is 53.5. The van der Waals surface area contributed by atoms with Crippen LogP contribution in [0.5, 0.6) is 0 Å². The lowest BCUT2D eigenvalue weighted by atomic mass is 10.0. The van der Waals surface area contributed by atoms with E-state index in [4.69, 9.17) is 22.6 Å². The van der Waals surface area contributed by atoms with E-state index < -0.39 is 28.5 Å². The quantitative estimate of drug-likeness (QED) is 0.159. The van der Waals surface area contributed by atoms with Gasteiger partial charge in [-0.15, -0.1) is 19.6 Å². The fourth-order valence-corrected chi connectivity index (χ4v) is 11.6. The summed E-state index contributed by atoms with van der Waals surface area (Å²) in [5.74, 6) is 1.31. The van der Waals surface area contributed by atoms with Gasteiger partial charge in [-0.3, -0.25) is 14.6 Å². The number of aromatic nitrogens is 6. The van der Waals surface area contributed by atoms with Crippen molar-refractivity contribution in [2.75, 3.05) is 134 Å². The van der Waals surface area contributed by atoms with Gasteiger partial charge in [0.25, 0.3) is 0 Å². The summed E-state index contributed by atoms with van der Waals surface area (Å²) < 4.78 is 52.8. The van der Waals surface area contributed by atoms with E-state index in [0.717, 1.165) is 115 Å². The predicted octanol–water partition coefficient (Wildman–Crippen LogP) is 1.54. The van der Waals surface area contributed by atoms with Crippen molar-refractivity contribution in [1.29, 1.82) is 0 Å². The van der Waals surface area contributed by atoms with Crippen molar-refractivity contribution in [3.8, 4) is 0 Å². The molecular weight excluding hydrogens is 1030 g/mol. The second-order valence-corrected chi connectivity index (χ2v) is 21.9. The van der Waals surface area contributed by atoms with Crippen LogP contribution in [-0.2, 0) is 26.1 Å². The van der Waals surface area contributed by atoms with Crippen LogP contribution in [0.4, 0.5) is 32.4 Å². The van der Waals surface area contributed by atoms with Crippen LogP contribution >= 0.6 is 0 Å². The molecule has 0 aliphatic carbocycles. The van der Waals surface area contributed by atoms with Gasteiger partial charge < -0.3 is 57.4 Å². The molecule has 9 aliphatic rings. The number of benzene rings is 1. The molecule has 0 spiro atoms. The molecule has 9 saturated heterocycles. The van der Waals surface area contributed by atoms with Crippen molar-refractivity contribution in [3.05, 3.63) is 53.6 Å². The first-order valence-electron chi connectivity index (χ1n) is 26.3. The summed E-state index contributed by atoms with van der Waals surface area (Å²) in [7, 11) is 1.49. The molecule has 6 atom stereocenters. The monoisotopic (exact) mass is 1090 g/mol. The van der Waals surface area contributed by atoms with E-state index in [0.29, 0.717) is 73.3 Å². The Morgan fingerprint density at radius 3 is 1.32 bits per heavy atom. The SMILES string of the molecule is CN1CCN(c2nnc([C@@H]3CC[C@@H]4CN3C(=O)N4O)o2)CC1.CN1CCN(c2nnc([C@@H]3CC[C@@H]4CN3C(=O)N4OCc3ccccc3)o2)CC1.CN1CCN(c2nnc([C@@H]3CC[C@@H]4CN3C(=O)N4OS(=O)(=O)O)o2)CC1. The zero-order valence-electron chi connectivity index (χ0n) is 43.3. The molecule has 9 aliphatic heterocycles. The van der Waals surface area contributed by atoms with Gasteiger partial charge in [0.15, 0.2) is 0 Å². The lowest BCUT2D eigenvalue weighted by Gasteiger charge is -2.31. The van der Waals surface area contributed by atoms with Crippen molar-refractivity contribution in [2.24, 2.45) is 0 Å². The Morgan fingerprint density at radius 2 is 0.896 bits per heavy atom. The number of piperidine rings is 3. The standard InChI is InChI=1S/C20H26N6O3.C13H20N6O6S.C13H20N6O3/c1-23-9-11-24(12-10-23)19-22-21-18(29-19)17-8-7-16-13-25(17)20(27)26(16)28-14-15-5-3-2-4-6-15;1-16-4-6-17(7-5-16)12-15-14-11(24-12)10-3-2-9-8-18(10)13(20)19(9)25-26(21,22)23;1-16-4-6-17(7-5-16)12-15-14-11(22-12)10-3-2-9-8-18(10)13(20)19(9)21/h2-6,16-17H,7-14H2,1H3;9-10H,2-8H2,1H3,(H,21,22,23);9-10,21H,2-8H2,1H3/t16-,17+;2*9-,10+/m111/s1. The van der Waals surface area contributed by atoms with Gasteiger partial charge >= 0.3 is 46.5 Å². The smallest absolute Gasteiger partial charge is 0.406 e. The topological polar surface area (TPSA) is 300 Å². The number of piperazine rings is 3. The normalized spacial score (nSPS) is 27.2. The van der Waals surface area contributed by atoms with Gasteiger partial charge in [-0.05, 0) is 65.2 Å². The number of fused-ring (bicyclic) bond motifs is 6. The van der Waals surface area contributed by atoms with Crippen LogP contribution in [0.15, 0.2) is 43.6 Å². The Bertz CT molecular complexity index is 2800. The average molecular weight is 1100 g/mol. The number of hydrogen-bond donors (Lipinski definition) is 2.